The van der Waals surface area contributed by atoms with E-state index >= 15 is 0 Å². The van der Waals surface area contributed by atoms with Crippen LogP contribution in [0.15, 0.2) is 16.8 Å². The van der Waals surface area contributed by atoms with Crippen LogP contribution in [0.5, 0.6) is 0 Å². The van der Waals surface area contributed by atoms with Gasteiger partial charge in [0, 0.05) is 32.5 Å². The zero-order valence-electron chi connectivity index (χ0n) is 7.53. The molecular formula is C10H13NOS. The molecule has 13 heavy (non-hydrogen) atoms. The lowest BCUT2D eigenvalue weighted by Crippen LogP contribution is -2.33. The molecule has 0 aromatic carbocycles. The fourth-order valence-electron chi connectivity index (χ4n) is 1.60. The topological polar surface area (TPSA) is 20.3 Å². The molecule has 1 aliphatic rings. The van der Waals surface area contributed by atoms with Crippen LogP contribution in [0, 0.1) is 0 Å². The number of ketones is 1. The van der Waals surface area contributed by atoms with Gasteiger partial charge in [0.2, 0.25) is 0 Å². The first-order valence-electron chi connectivity index (χ1n) is 4.60. The van der Waals surface area contributed by atoms with E-state index in [9.17, 15) is 4.79 Å². The van der Waals surface area contributed by atoms with Crippen molar-refractivity contribution in [2.75, 3.05) is 13.1 Å². The summed E-state index contributed by atoms with van der Waals surface area (Å²) >= 11 is 1.74. The average Bonchev–Trinajstić information content (AvgIpc) is 2.62. The molecule has 1 saturated heterocycles. The molecule has 1 aliphatic heterocycles. The first-order chi connectivity index (χ1) is 6.34. The minimum absolute atomic E-state index is 0.418. The van der Waals surface area contributed by atoms with Crippen molar-refractivity contribution < 1.29 is 4.79 Å². The van der Waals surface area contributed by atoms with Gasteiger partial charge < -0.3 is 0 Å². The molecule has 1 aromatic rings. The summed E-state index contributed by atoms with van der Waals surface area (Å²) in [7, 11) is 0. The predicted octanol–water partition coefficient (Wildman–Crippen LogP) is 1.91. The van der Waals surface area contributed by atoms with E-state index in [-0.39, 0.29) is 0 Å². The molecule has 0 amide bonds. The summed E-state index contributed by atoms with van der Waals surface area (Å²) in [4.78, 5) is 13.3. The second-order valence-corrected chi connectivity index (χ2v) is 4.23. The van der Waals surface area contributed by atoms with Crippen molar-refractivity contribution in [3.8, 4) is 0 Å². The van der Waals surface area contributed by atoms with Crippen molar-refractivity contribution in [2.45, 2.75) is 19.4 Å². The fourth-order valence-corrected chi connectivity index (χ4v) is 2.26. The maximum absolute atomic E-state index is 11.0. The molecule has 0 radical (unpaired) electrons. The second-order valence-electron chi connectivity index (χ2n) is 3.45. The maximum atomic E-state index is 11.0. The van der Waals surface area contributed by atoms with Gasteiger partial charge in [-0.05, 0) is 22.4 Å². The van der Waals surface area contributed by atoms with Gasteiger partial charge in [-0.2, -0.15) is 11.3 Å². The standard InChI is InChI=1S/C10H13NOS/c12-10-1-4-11(5-2-10)7-9-3-6-13-8-9/h3,6,8H,1-2,4-5,7H2. The van der Waals surface area contributed by atoms with Crippen molar-refractivity contribution >= 4 is 17.1 Å². The van der Waals surface area contributed by atoms with Crippen LogP contribution in [0.3, 0.4) is 0 Å². The molecule has 0 bridgehead atoms. The first-order valence-corrected chi connectivity index (χ1v) is 5.54. The molecule has 1 fully saturated rings. The van der Waals surface area contributed by atoms with Crippen molar-refractivity contribution in [1.82, 2.24) is 4.90 Å². The van der Waals surface area contributed by atoms with Crippen LogP contribution >= 0.6 is 11.3 Å². The maximum Gasteiger partial charge on any atom is 0.135 e. The lowest BCUT2D eigenvalue weighted by Gasteiger charge is -2.25. The highest BCUT2D eigenvalue weighted by Crippen LogP contribution is 2.13. The van der Waals surface area contributed by atoms with Crippen molar-refractivity contribution in [1.29, 1.82) is 0 Å². The molecule has 70 valence electrons. The highest BCUT2D eigenvalue weighted by molar-refractivity contribution is 7.07. The van der Waals surface area contributed by atoms with E-state index < -0.39 is 0 Å². The summed E-state index contributed by atoms with van der Waals surface area (Å²) in [5.41, 5.74) is 1.37. The van der Waals surface area contributed by atoms with Crippen LogP contribution < -0.4 is 0 Å². The number of carbonyl (C=O) groups excluding carboxylic acids is 1. The molecule has 2 nitrogen and oxygen atoms in total. The van der Waals surface area contributed by atoms with E-state index in [0.29, 0.717) is 5.78 Å². The van der Waals surface area contributed by atoms with Gasteiger partial charge in [-0.15, -0.1) is 0 Å². The predicted molar refractivity (Wildman–Crippen MR) is 53.8 cm³/mol. The van der Waals surface area contributed by atoms with Gasteiger partial charge in [-0.3, -0.25) is 9.69 Å². The Hall–Kier alpha value is -0.670. The largest absolute Gasteiger partial charge is 0.300 e. The van der Waals surface area contributed by atoms with E-state index in [1.165, 1.54) is 5.56 Å². The minimum Gasteiger partial charge on any atom is -0.300 e. The molecule has 3 heteroatoms. The number of piperidine rings is 1. The molecule has 0 saturated carbocycles. The van der Waals surface area contributed by atoms with Crippen molar-refractivity contribution in [2.24, 2.45) is 0 Å². The Balaban J connectivity index is 1.86. The Morgan fingerprint density at radius 1 is 1.38 bits per heavy atom. The third-order valence-corrected chi connectivity index (χ3v) is 3.13. The Morgan fingerprint density at radius 3 is 2.77 bits per heavy atom. The summed E-state index contributed by atoms with van der Waals surface area (Å²) in [6.45, 7) is 2.89. The van der Waals surface area contributed by atoms with Gasteiger partial charge in [0.1, 0.15) is 5.78 Å². The van der Waals surface area contributed by atoms with Crippen LogP contribution in [-0.2, 0) is 11.3 Å². The average molecular weight is 195 g/mol. The molecule has 0 aliphatic carbocycles. The van der Waals surface area contributed by atoms with Gasteiger partial charge >= 0.3 is 0 Å². The van der Waals surface area contributed by atoms with E-state index in [2.05, 4.69) is 21.7 Å². The second kappa shape index (κ2) is 4.03. The number of hydrogen-bond donors (Lipinski definition) is 0. The van der Waals surface area contributed by atoms with Crippen LogP contribution in [-0.4, -0.2) is 23.8 Å². The number of Topliss-reactive ketones (excluding diaryl/α,β-unsaturated/α-hetero) is 1. The molecule has 2 rings (SSSR count). The van der Waals surface area contributed by atoms with Crippen molar-refractivity contribution in [3.63, 3.8) is 0 Å². The summed E-state index contributed by atoms with van der Waals surface area (Å²) in [5.74, 6) is 0.418. The lowest BCUT2D eigenvalue weighted by atomic mass is 10.1. The normalized spacial score (nSPS) is 19.2. The Kier molecular flexibility index (Phi) is 2.76. The Labute approximate surface area is 82.2 Å². The quantitative estimate of drug-likeness (QED) is 0.718. The molecule has 2 heterocycles. The highest BCUT2D eigenvalue weighted by Gasteiger charge is 2.15. The number of rotatable bonds is 2. The lowest BCUT2D eigenvalue weighted by molar-refractivity contribution is -0.121. The molecule has 0 N–H and O–H groups in total. The summed E-state index contributed by atoms with van der Waals surface area (Å²) in [6, 6.07) is 2.15. The number of nitrogens with zero attached hydrogens (tertiary/aromatic N) is 1. The van der Waals surface area contributed by atoms with Crippen LogP contribution in [0.25, 0.3) is 0 Å². The van der Waals surface area contributed by atoms with E-state index in [1.54, 1.807) is 11.3 Å². The van der Waals surface area contributed by atoms with Gasteiger partial charge in [-0.1, -0.05) is 0 Å². The van der Waals surface area contributed by atoms with Gasteiger partial charge in [-0.25, -0.2) is 0 Å². The van der Waals surface area contributed by atoms with Gasteiger partial charge in [0.25, 0.3) is 0 Å². The van der Waals surface area contributed by atoms with Gasteiger partial charge in [0.15, 0.2) is 0 Å². The zero-order valence-corrected chi connectivity index (χ0v) is 8.35. The van der Waals surface area contributed by atoms with Gasteiger partial charge in [0.05, 0.1) is 0 Å². The summed E-state index contributed by atoms with van der Waals surface area (Å²) in [5, 5.41) is 4.28. The number of hydrogen-bond acceptors (Lipinski definition) is 3. The van der Waals surface area contributed by atoms with E-state index in [0.717, 1.165) is 32.5 Å². The highest BCUT2D eigenvalue weighted by atomic mass is 32.1. The molecule has 0 atom stereocenters. The van der Waals surface area contributed by atoms with E-state index in [4.69, 9.17) is 0 Å². The van der Waals surface area contributed by atoms with Crippen LogP contribution in [0.2, 0.25) is 0 Å². The number of carbonyl (C=O) groups is 1. The molecule has 0 unspecified atom stereocenters. The molecule has 0 spiro atoms. The van der Waals surface area contributed by atoms with Crippen molar-refractivity contribution in [3.05, 3.63) is 22.4 Å². The SMILES string of the molecule is O=C1CCN(Cc2ccsc2)CC1. The smallest absolute Gasteiger partial charge is 0.135 e. The molecule has 1 aromatic heterocycles. The summed E-state index contributed by atoms with van der Waals surface area (Å²) in [6.07, 6.45) is 1.48. The Morgan fingerprint density at radius 2 is 2.15 bits per heavy atom. The van der Waals surface area contributed by atoms with E-state index in [1.807, 2.05) is 0 Å². The fraction of sp³-hybridized carbons (Fsp3) is 0.500. The third-order valence-electron chi connectivity index (χ3n) is 2.40. The monoisotopic (exact) mass is 195 g/mol. The van der Waals surface area contributed by atoms with Crippen LogP contribution in [0.1, 0.15) is 18.4 Å². The third kappa shape index (κ3) is 2.39. The first kappa shape index (κ1) is 8.91. The number of likely N-dealkylation sites (tertiary alicyclic amines) is 1. The Bertz CT molecular complexity index is 271. The minimum atomic E-state index is 0.418. The molecular weight excluding hydrogens is 182 g/mol. The summed E-state index contributed by atoms with van der Waals surface area (Å²) < 4.78 is 0. The van der Waals surface area contributed by atoms with Crippen LogP contribution in [0.4, 0.5) is 0 Å². The zero-order chi connectivity index (χ0) is 9.10. The number of thiophene rings is 1.